The monoisotopic (exact) mass is 1160 g/mol. The predicted octanol–water partition coefficient (Wildman–Crippen LogP) is 21.9. The van der Waals surface area contributed by atoms with Crippen molar-refractivity contribution in [1.82, 2.24) is 29.1 Å². The van der Waals surface area contributed by atoms with Gasteiger partial charge in [-0.25, -0.2) is 19.9 Å². The molecule has 6 nitrogen and oxygen atoms in total. The number of nitrogens with zero attached hydrogens (tertiary/aromatic N) is 6. The first-order valence-electron chi connectivity index (χ1n) is 29.5. The maximum Gasteiger partial charge on any atom is 0.160 e. The summed E-state index contributed by atoms with van der Waals surface area (Å²) in [6.07, 6.45) is 0. The molecule has 6 aromatic heterocycles. The SMILES string of the molecule is c1ccc(-c2cc(-c3ccc(-n4c5ccccc5c5cc6c(cc54)sc4ccccc46)cc3)nc(-c3ccccc3)n2)cc1.c1ccc(-c2cc(-c3ccccc3)nc(-c3ccc(-n4c5ccccc5c5cc6c(cc54)sc4ccccc46)cc3)n2)cc1. The van der Waals surface area contributed by atoms with Crippen molar-refractivity contribution in [3.63, 3.8) is 0 Å². The van der Waals surface area contributed by atoms with Gasteiger partial charge in [0.15, 0.2) is 11.6 Å². The van der Waals surface area contributed by atoms with Crippen molar-refractivity contribution < 1.29 is 0 Å². The van der Waals surface area contributed by atoms with Crippen molar-refractivity contribution in [2.24, 2.45) is 0 Å². The zero-order valence-corrected chi connectivity index (χ0v) is 49.0. The normalized spacial score (nSPS) is 11.6. The van der Waals surface area contributed by atoms with Crippen LogP contribution in [0.15, 0.2) is 303 Å². The molecule has 18 aromatic rings. The van der Waals surface area contributed by atoms with Crippen molar-refractivity contribution in [2.75, 3.05) is 0 Å². The van der Waals surface area contributed by atoms with E-state index in [9.17, 15) is 0 Å². The van der Waals surface area contributed by atoms with Crippen molar-refractivity contribution in [3.05, 3.63) is 303 Å². The van der Waals surface area contributed by atoms with Crippen LogP contribution >= 0.6 is 22.7 Å². The zero-order chi connectivity index (χ0) is 58.1. The molecule has 0 spiro atoms. The number of fused-ring (bicyclic) bond motifs is 12. The summed E-state index contributed by atoms with van der Waals surface area (Å²) < 4.78 is 10.0. The fourth-order valence-corrected chi connectivity index (χ4v) is 14.9. The molecule has 6 heterocycles. The standard InChI is InChI=1S/2C40H25N3S/c1-3-11-26(12-4-1)34-24-35(42-40(41-34)28-13-5-2-6-14-28)27-19-21-29(22-20-27)43-36-17-9-7-15-30(36)32-23-33-31-16-8-10-18-38(31)44-39(33)25-37(32)43;1-3-11-26(12-4-1)34-24-35(27-13-5-2-6-14-27)42-40(41-34)28-19-21-29(22-20-28)43-36-17-9-7-15-30(36)32-23-33-31-16-8-10-18-38(31)44-39(33)25-37(32)43/h2*1-25H. The van der Waals surface area contributed by atoms with Crippen LogP contribution in [-0.4, -0.2) is 29.1 Å². The van der Waals surface area contributed by atoms with E-state index < -0.39 is 0 Å². The summed E-state index contributed by atoms with van der Waals surface area (Å²) in [6, 6.07) is 107. The fourth-order valence-electron chi connectivity index (χ4n) is 12.6. The Morgan fingerprint density at radius 1 is 0.205 bits per heavy atom. The molecule has 88 heavy (non-hydrogen) atoms. The highest BCUT2D eigenvalue weighted by atomic mass is 32.1. The Hall–Kier alpha value is -11.2. The van der Waals surface area contributed by atoms with Crippen molar-refractivity contribution in [1.29, 1.82) is 0 Å². The molecule has 0 amide bonds. The van der Waals surface area contributed by atoms with Gasteiger partial charge in [0.2, 0.25) is 0 Å². The first-order valence-corrected chi connectivity index (χ1v) is 31.1. The zero-order valence-electron chi connectivity index (χ0n) is 47.4. The maximum absolute atomic E-state index is 5.03. The Bertz CT molecular complexity index is 5190. The Morgan fingerprint density at radius 2 is 0.511 bits per heavy atom. The van der Waals surface area contributed by atoms with Crippen LogP contribution in [-0.2, 0) is 0 Å². The third-order valence-electron chi connectivity index (χ3n) is 16.8. The fraction of sp³-hybridized carbons (Fsp3) is 0. The summed E-state index contributed by atoms with van der Waals surface area (Å²) in [5.74, 6) is 1.44. The molecular weight excluding hydrogens is 1110 g/mol. The van der Waals surface area contributed by atoms with Crippen molar-refractivity contribution in [3.8, 4) is 79.2 Å². The second kappa shape index (κ2) is 21.4. The van der Waals surface area contributed by atoms with E-state index in [1.54, 1.807) is 0 Å². The first-order chi connectivity index (χ1) is 43.6. The minimum absolute atomic E-state index is 0.714. The molecule has 0 unspecified atom stereocenters. The number of hydrogen-bond donors (Lipinski definition) is 0. The van der Waals surface area contributed by atoms with Gasteiger partial charge in [0.25, 0.3) is 0 Å². The Morgan fingerprint density at radius 3 is 0.909 bits per heavy atom. The topological polar surface area (TPSA) is 61.4 Å². The van der Waals surface area contributed by atoms with Gasteiger partial charge in [0, 0.05) is 107 Å². The molecule has 0 radical (unpaired) electrons. The third kappa shape index (κ3) is 9.01. The highest BCUT2D eigenvalue weighted by Gasteiger charge is 2.19. The lowest BCUT2D eigenvalue weighted by Crippen LogP contribution is -1.97. The minimum atomic E-state index is 0.714. The summed E-state index contributed by atoms with van der Waals surface area (Å²) in [4.78, 5) is 20.0. The molecule has 0 fully saturated rings. The molecule has 0 bridgehead atoms. The molecule has 8 heteroatoms. The van der Waals surface area contributed by atoms with E-state index in [4.69, 9.17) is 19.9 Å². The molecule has 0 saturated carbocycles. The van der Waals surface area contributed by atoms with Crippen LogP contribution < -0.4 is 0 Å². The number of hydrogen-bond acceptors (Lipinski definition) is 6. The average molecular weight is 1160 g/mol. The van der Waals surface area contributed by atoms with Gasteiger partial charge >= 0.3 is 0 Å². The average Bonchev–Trinajstić information content (AvgIpc) is 1.89. The number of aromatic nitrogens is 6. The smallest absolute Gasteiger partial charge is 0.160 e. The summed E-state index contributed by atoms with van der Waals surface area (Å²) in [5.41, 5.74) is 17.0. The summed E-state index contributed by atoms with van der Waals surface area (Å²) in [7, 11) is 0. The van der Waals surface area contributed by atoms with Crippen molar-refractivity contribution >= 4 is 107 Å². The molecule has 0 N–H and O–H groups in total. The highest BCUT2D eigenvalue weighted by Crippen LogP contribution is 2.43. The predicted molar refractivity (Wildman–Crippen MR) is 371 cm³/mol. The van der Waals surface area contributed by atoms with Crippen LogP contribution in [0, 0.1) is 0 Å². The van der Waals surface area contributed by atoms with Gasteiger partial charge in [-0.3, -0.25) is 0 Å². The Kier molecular flexibility index (Phi) is 12.5. The lowest BCUT2D eigenvalue weighted by atomic mass is 10.1. The summed E-state index contributed by atoms with van der Waals surface area (Å²) >= 11 is 3.72. The molecule has 0 atom stereocenters. The van der Waals surface area contributed by atoms with Crippen LogP contribution in [0.1, 0.15) is 0 Å². The van der Waals surface area contributed by atoms with E-state index in [0.29, 0.717) is 5.82 Å². The van der Waals surface area contributed by atoms with E-state index in [1.165, 1.54) is 84.0 Å². The van der Waals surface area contributed by atoms with Crippen LogP contribution in [0.2, 0.25) is 0 Å². The van der Waals surface area contributed by atoms with Crippen LogP contribution in [0.4, 0.5) is 0 Å². The molecule has 0 aliphatic rings. The molecule has 0 aliphatic heterocycles. The van der Waals surface area contributed by atoms with Gasteiger partial charge in [0.05, 0.1) is 44.8 Å². The lowest BCUT2D eigenvalue weighted by molar-refractivity contribution is 1.16. The molecule has 0 aliphatic carbocycles. The number of para-hydroxylation sites is 2. The number of rotatable bonds is 8. The van der Waals surface area contributed by atoms with E-state index in [0.717, 1.165) is 73.4 Å². The third-order valence-corrected chi connectivity index (χ3v) is 19.1. The summed E-state index contributed by atoms with van der Waals surface area (Å²) in [6.45, 7) is 0. The molecule has 0 saturated heterocycles. The number of thiophene rings is 2. The maximum atomic E-state index is 5.03. The molecule has 12 aromatic carbocycles. The molecular formula is C80H50N6S2. The number of benzene rings is 12. The van der Waals surface area contributed by atoms with E-state index in [1.807, 2.05) is 95.5 Å². The minimum Gasteiger partial charge on any atom is -0.309 e. The summed E-state index contributed by atoms with van der Waals surface area (Å²) in [5, 5.41) is 10.4. The van der Waals surface area contributed by atoms with E-state index in [-0.39, 0.29) is 0 Å². The van der Waals surface area contributed by atoms with Gasteiger partial charge in [0.1, 0.15) is 0 Å². The highest BCUT2D eigenvalue weighted by molar-refractivity contribution is 7.26. The second-order valence-electron chi connectivity index (χ2n) is 22.1. The van der Waals surface area contributed by atoms with Gasteiger partial charge < -0.3 is 9.13 Å². The first kappa shape index (κ1) is 51.3. The Labute approximate surface area is 514 Å². The van der Waals surface area contributed by atoms with Gasteiger partial charge in [-0.1, -0.05) is 206 Å². The lowest BCUT2D eigenvalue weighted by Gasteiger charge is -2.11. The second-order valence-corrected chi connectivity index (χ2v) is 24.3. The van der Waals surface area contributed by atoms with Gasteiger partial charge in [-0.2, -0.15) is 0 Å². The van der Waals surface area contributed by atoms with Crippen LogP contribution in [0.3, 0.4) is 0 Å². The van der Waals surface area contributed by atoms with E-state index in [2.05, 4.69) is 240 Å². The Balaban J connectivity index is 0.000000137. The molecule has 18 rings (SSSR count). The van der Waals surface area contributed by atoms with Crippen LogP contribution in [0.25, 0.3) is 163 Å². The van der Waals surface area contributed by atoms with Crippen LogP contribution in [0.5, 0.6) is 0 Å². The van der Waals surface area contributed by atoms with Gasteiger partial charge in [-0.15, -0.1) is 22.7 Å². The quantitative estimate of drug-likeness (QED) is 0.152. The molecule has 412 valence electrons. The van der Waals surface area contributed by atoms with Crippen molar-refractivity contribution in [2.45, 2.75) is 0 Å². The largest absolute Gasteiger partial charge is 0.309 e. The van der Waals surface area contributed by atoms with E-state index >= 15 is 0 Å². The van der Waals surface area contributed by atoms with Gasteiger partial charge in [-0.05, 0) is 97.1 Å².